The Balaban J connectivity index is 4.40. The van der Waals surface area contributed by atoms with E-state index in [-0.39, 0.29) is 13.2 Å². The number of carbonyl (C=O) groups excluding carboxylic acids is 1. The summed E-state index contributed by atoms with van der Waals surface area (Å²) >= 11 is 0. The Labute approximate surface area is 108 Å². The first-order valence-electron chi connectivity index (χ1n) is 6.45. The van der Waals surface area contributed by atoms with Crippen LogP contribution in [0.2, 0.25) is 0 Å². The topological polar surface area (TPSA) is 89.9 Å². The number of nitrogens with zero attached hydrogens (tertiary/aromatic N) is 1. The first kappa shape index (κ1) is 16.7. The van der Waals surface area contributed by atoms with Crippen LogP contribution in [0.1, 0.15) is 39.5 Å². The van der Waals surface area contributed by atoms with Crippen molar-refractivity contribution in [2.45, 2.75) is 45.6 Å². The molecule has 18 heavy (non-hydrogen) atoms. The fourth-order valence-electron chi connectivity index (χ4n) is 1.57. The molecule has 0 saturated heterocycles. The minimum Gasteiger partial charge on any atom is -0.480 e. The molecule has 0 aliphatic rings. The number of carboxylic acid groups (broad SMARTS) is 1. The molecular formula is C12H24N2O4. The summed E-state index contributed by atoms with van der Waals surface area (Å²) in [6, 6.07) is -1.27. The highest BCUT2D eigenvalue weighted by Gasteiger charge is 2.21. The van der Waals surface area contributed by atoms with Gasteiger partial charge in [-0.05, 0) is 12.8 Å². The number of unbranched alkanes of at least 4 members (excludes halogenated alkanes) is 1. The van der Waals surface area contributed by atoms with Gasteiger partial charge in [-0.2, -0.15) is 0 Å². The molecule has 0 saturated carbocycles. The van der Waals surface area contributed by atoms with Crippen LogP contribution < -0.4 is 5.32 Å². The summed E-state index contributed by atoms with van der Waals surface area (Å²) in [7, 11) is 0. The third kappa shape index (κ3) is 6.44. The predicted molar refractivity (Wildman–Crippen MR) is 68.4 cm³/mol. The summed E-state index contributed by atoms with van der Waals surface area (Å²) < 4.78 is 0. The lowest BCUT2D eigenvalue weighted by Gasteiger charge is -2.24. The van der Waals surface area contributed by atoms with E-state index in [0.29, 0.717) is 19.4 Å². The second-order valence-corrected chi connectivity index (χ2v) is 4.19. The van der Waals surface area contributed by atoms with Crippen molar-refractivity contribution < 1.29 is 19.8 Å². The SMILES string of the molecule is CCCCN(CCO)C(=O)NC(CCC)C(=O)O. The van der Waals surface area contributed by atoms with Gasteiger partial charge in [0, 0.05) is 13.1 Å². The number of aliphatic hydroxyl groups is 1. The van der Waals surface area contributed by atoms with E-state index in [1.807, 2.05) is 13.8 Å². The molecule has 0 aliphatic heterocycles. The molecule has 0 aromatic heterocycles. The van der Waals surface area contributed by atoms with Gasteiger partial charge in [0.05, 0.1) is 6.61 Å². The Morgan fingerprint density at radius 3 is 2.33 bits per heavy atom. The van der Waals surface area contributed by atoms with Crippen LogP contribution >= 0.6 is 0 Å². The van der Waals surface area contributed by atoms with Crippen molar-refractivity contribution in [3.05, 3.63) is 0 Å². The Morgan fingerprint density at radius 1 is 1.22 bits per heavy atom. The van der Waals surface area contributed by atoms with E-state index in [0.717, 1.165) is 12.8 Å². The first-order valence-corrected chi connectivity index (χ1v) is 6.45. The third-order valence-electron chi connectivity index (χ3n) is 2.61. The maximum Gasteiger partial charge on any atom is 0.326 e. The van der Waals surface area contributed by atoms with E-state index in [1.165, 1.54) is 4.90 Å². The van der Waals surface area contributed by atoms with Crippen molar-refractivity contribution in [1.82, 2.24) is 10.2 Å². The van der Waals surface area contributed by atoms with E-state index < -0.39 is 18.0 Å². The molecule has 0 aromatic rings. The molecule has 106 valence electrons. The second kappa shape index (κ2) is 9.70. The molecular weight excluding hydrogens is 236 g/mol. The van der Waals surface area contributed by atoms with Gasteiger partial charge < -0.3 is 20.4 Å². The van der Waals surface area contributed by atoms with Crippen LogP contribution in [0.4, 0.5) is 4.79 Å². The van der Waals surface area contributed by atoms with Gasteiger partial charge in [0.15, 0.2) is 0 Å². The fourth-order valence-corrected chi connectivity index (χ4v) is 1.57. The molecule has 0 fully saturated rings. The molecule has 0 spiro atoms. The van der Waals surface area contributed by atoms with E-state index >= 15 is 0 Å². The standard InChI is InChI=1S/C12H24N2O4/c1-3-5-7-14(8-9-15)12(18)13-10(6-4-2)11(16)17/h10,15H,3-9H2,1-2H3,(H,13,18)(H,16,17). The second-order valence-electron chi connectivity index (χ2n) is 4.19. The number of urea groups is 1. The average Bonchev–Trinajstić information content (AvgIpc) is 2.33. The molecule has 0 heterocycles. The Morgan fingerprint density at radius 2 is 1.89 bits per heavy atom. The minimum atomic E-state index is -1.02. The minimum absolute atomic E-state index is 0.122. The highest BCUT2D eigenvalue weighted by molar-refractivity contribution is 5.82. The first-order chi connectivity index (χ1) is 8.56. The number of nitrogens with one attached hydrogen (secondary N) is 1. The number of hydrogen-bond acceptors (Lipinski definition) is 3. The highest BCUT2D eigenvalue weighted by atomic mass is 16.4. The van der Waals surface area contributed by atoms with Gasteiger partial charge in [0.25, 0.3) is 0 Å². The summed E-state index contributed by atoms with van der Waals surface area (Å²) in [6.07, 6.45) is 2.86. The lowest BCUT2D eigenvalue weighted by Crippen LogP contribution is -2.49. The summed E-state index contributed by atoms with van der Waals surface area (Å²) in [5.41, 5.74) is 0. The summed E-state index contributed by atoms with van der Waals surface area (Å²) in [5, 5.41) is 20.3. The van der Waals surface area contributed by atoms with Gasteiger partial charge in [-0.15, -0.1) is 0 Å². The van der Waals surface area contributed by atoms with Gasteiger partial charge in [-0.25, -0.2) is 9.59 Å². The van der Waals surface area contributed by atoms with Gasteiger partial charge in [-0.1, -0.05) is 26.7 Å². The molecule has 6 heteroatoms. The van der Waals surface area contributed by atoms with E-state index in [1.54, 1.807) is 0 Å². The Hall–Kier alpha value is -1.30. The van der Waals surface area contributed by atoms with Crippen LogP contribution in [-0.4, -0.2) is 52.9 Å². The van der Waals surface area contributed by atoms with Crippen LogP contribution in [0.5, 0.6) is 0 Å². The van der Waals surface area contributed by atoms with E-state index in [4.69, 9.17) is 10.2 Å². The maximum atomic E-state index is 11.9. The molecule has 3 N–H and O–H groups in total. The summed E-state index contributed by atoms with van der Waals surface area (Å²) in [5.74, 6) is -1.02. The van der Waals surface area contributed by atoms with Gasteiger partial charge in [-0.3, -0.25) is 0 Å². The van der Waals surface area contributed by atoms with Crippen molar-refractivity contribution in [2.24, 2.45) is 0 Å². The number of rotatable bonds is 9. The lowest BCUT2D eigenvalue weighted by molar-refractivity contribution is -0.139. The molecule has 0 aromatic carbocycles. The zero-order valence-electron chi connectivity index (χ0n) is 11.2. The van der Waals surface area contributed by atoms with Crippen molar-refractivity contribution in [3.8, 4) is 0 Å². The average molecular weight is 260 g/mol. The largest absolute Gasteiger partial charge is 0.480 e. The van der Waals surface area contributed by atoms with Crippen molar-refractivity contribution in [3.63, 3.8) is 0 Å². The van der Waals surface area contributed by atoms with Crippen molar-refractivity contribution in [1.29, 1.82) is 0 Å². The molecule has 1 unspecified atom stereocenters. The number of hydrogen-bond donors (Lipinski definition) is 3. The van der Waals surface area contributed by atoms with Crippen LogP contribution in [0.15, 0.2) is 0 Å². The van der Waals surface area contributed by atoms with Crippen LogP contribution in [0.3, 0.4) is 0 Å². The maximum absolute atomic E-state index is 11.9. The zero-order chi connectivity index (χ0) is 14.0. The molecule has 1 atom stereocenters. The number of aliphatic carboxylic acids is 1. The normalized spacial score (nSPS) is 11.9. The van der Waals surface area contributed by atoms with Crippen molar-refractivity contribution in [2.75, 3.05) is 19.7 Å². The quantitative estimate of drug-likeness (QED) is 0.578. The monoisotopic (exact) mass is 260 g/mol. The Kier molecular flexibility index (Phi) is 9.00. The van der Waals surface area contributed by atoms with Gasteiger partial charge in [0.2, 0.25) is 0 Å². The van der Waals surface area contributed by atoms with Gasteiger partial charge in [0.1, 0.15) is 6.04 Å². The fraction of sp³-hybridized carbons (Fsp3) is 0.833. The molecule has 0 rings (SSSR count). The lowest BCUT2D eigenvalue weighted by atomic mass is 10.2. The van der Waals surface area contributed by atoms with Crippen LogP contribution in [0.25, 0.3) is 0 Å². The summed E-state index contributed by atoms with van der Waals surface area (Å²) in [4.78, 5) is 24.3. The van der Waals surface area contributed by atoms with Crippen molar-refractivity contribution >= 4 is 12.0 Å². The third-order valence-corrected chi connectivity index (χ3v) is 2.61. The van der Waals surface area contributed by atoms with E-state index in [9.17, 15) is 9.59 Å². The van der Waals surface area contributed by atoms with E-state index in [2.05, 4.69) is 5.32 Å². The number of amides is 2. The Bertz CT molecular complexity index is 258. The number of carbonyl (C=O) groups is 2. The highest BCUT2D eigenvalue weighted by Crippen LogP contribution is 2.01. The van der Waals surface area contributed by atoms with Crippen LogP contribution in [-0.2, 0) is 4.79 Å². The number of aliphatic hydroxyl groups excluding tert-OH is 1. The zero-order valence-corrected chi connectivity index (χ0v) is 11.2. The molecule has 2 amide bonds. The molecule has 0 radical (unpaired) electrons. The molecule has 6 nitrogen and oxygen atoms in total. The smallest absolute Gasteiger partial charge is 0.326 e. The molecule has 0 bridgehead atoms. The molecule has 0 aliphatic carbocycles. The van der Waals surface area contributed by atoms with Crippen LogP contribution in [0, 0.1) is 0 Å². The summed E-state index contributed by atoms with van der Waals surface area (Å²) in [6.45, 7) is 4.51. The predicted octanol–water partition coefficient (Wildman–Crippen LogP) is 1.04. The number of carboxylic acids is 1. The van der Waals surface area contributed by atoms with Gasteiger partial charge >= 0.3 is 12.0 Å².